The molecule has 17 nitrogen and oxygen atoms in total. The van der Waals surface area contributed by atoms with Crippen LogP contribution in [0.1, 0.15) is 414 Å². The standard InChI is InChI=1S/C80H156O17P2/c1-8-10-11-12-13-14-15-16-17-18-19-20-21-28-33-42-49-56-63-79(84)96-75(67-90-77(82)61-54-47-40-32-27-23-22-25-30-37-44-51-58-71(3)4)69-94-98(86,87)92-65-74(81)66-93-99(88,89)95-70-76(68-91-78(83)62-55-48-41-36-35-39-46-53-60-73(7)9-2)97-80(85)64-57-50-43-34-29-24-26-31-38-45-52-59-72(5)6/h71-76,81H,8-70H2,1-7H3,(H,86,87)(H,88,89)/t73?,74-,75-,76-/m1/s1. The minimum absolute atomic E-state index is 0.106. The number of carbonyl (C=O) groups is 4. The number of hydrogen-bond donors (Lipinski definition) is 3. The van der Waals surface area contributed by atoms with Crippen molar-refractivity contribution in [3.63, 3.8) is 0 Å². The van der Waals surface area contributed by atoms with Gasteiger partial charge in [0.1, 0.15) is 19.3 Å². The zero-order chi connectivity index (χ0) is 73.0. The Morgan fingerprint density at radius 3 is 0.768 bits per heavy atom. The third-order valence-electron chi connectivity index (χ3n) is 19.0. The Bertz CT molecular complexity index is 1920. The van der Waals surface area contributed by atoms with E-state index < -0.39 is 97.5 Å². The molecule has 0 aliphatic rings. The van der Waals surface area contributed by atoms with Crippen LogP contribution in [0.3, 0.4) is 0 Å². The molecule has 0 aromatic rings. The third kappa shape index (κ3) is 72.8. The average Bonchev–Trinajstić information content (AvgIpc) is 1.01. The van der Waals surface area contributed by atoms with E-state index in [1.807, 2.05) is 0 Å². The van der Waals surface area contributed by atoms with Crippen molar-refractivity contribution < 1.29 is 80.2 Å². The van der Waals surface area contributed by atoms with Crippen LogP contribution in [0.25, 0.3) is 0 Å². The molecule has 0 saturated carbocycles. The summed E-state index contributed by atoms with van der Waals surface area (Å²) in [6.45, 7) is 12.0. The molecule has 0 aliphatic heterocycles. The monoisotopic (exact) mass is 1450 g/mol. The van der Waals surface area contributed by atoms with E-state index in [9.17, 15) is 43.2 Å². The van der Waals surface area contributed by atoms with Crippen LogP contribution in [0.2, 0.25) is 0 Å². The first-order valence-corrected chi connectivity index (χ1v) is 44.4. The van der Waals surface area contributed by atoms with Crippen LogP contribution in [0.4, 0.5) is 0 Å². The van der Waals surface area contributed by atoms with E-state index in [2.05, 4.69) is 48.5 Å². The molecular formula is C80H156O17P2. The number of phosphoric acid groups is 2. The number of rotatable bonds is 78. The molecule has 6 atom stereocenters. The molecule has 19 heteroatoms. The number of unbranched alkanes of at least 4 members (excludes halogenated alkanes) is 45. The highest BCUT2D eigenvalue weighted by Gasteiger charge is 2.30. The molecule has 0 rings (SSSR count). The van der Waals surface area contributed by atoms with Gasteiger partial charge in [0.25, 0.3) is 0 Å². The van der Waals surface area contributed by atoms with Gasteiger partial charge in [-0.05, 0) is 43.4 Å². The minimum atomic E-state index is -4.96. The molecule has 0 heterocycles. The molecule has 99 heavy (non-hydrogen) atoms. The molecule has 0 saturated heterocycles. The normalized spacial score (nSPS) is 14.3. The molecule has 0 radical (unpaired) electrons. The molecule has 0 aliphatic carbocycles. The molecule has 0 bridgehead atoms. The number of aliphatic hydroxyl groups excluding tert-OH is 1. The van der Waals surface area contributed by atoms with Crippen LogP contribution < -0.4 is 0 Å². The largest absolute Gasteiger partial charge is 0.472 e. The summed E-state index contributed by atoms with van der Waals surface area (Å²) in [4.78, 5) is 73.0. The summed E-state index contributed by atoms with van der Waals surface area (Å²) in [5, 5.41) is 10.6. The summed E-state index contributed by atoms with van der Waals surface area (Å²) in [7, 11) is -9.92. The van der Waals surface area contributed by atoms with Gasteiger partial charge in [0.15, 0.2) is 12.2 Å². The van der Waals surface area contributed by atoms with Gasteiger partial charge >= 0.3 is 39.5 Å². The van der Waals surface area contributed by atoms with Crippen LogP contribution in [-0.4, -0.2) is 96.7 Å². The van der Waals surface area contributed by atoms with Crippen molar-refractivity contribution in [2.75, 3.05) is 39.6 Å². The Morgan fingerprint density at radius 1 is 0.293 bits per heavy atom. The van der Waals surface area contributed by atoms with E-state index in [0.29, 0.717) is 25.7 Å². The van der Waals surface area contributed by atoms with E-state index in [-0.39, 0.29) is 25.7 Å². The minimum Gasteiger partial charge on any atom is -0.462 e. The molecule has 3 unspecified atom stereocenters. The summed E-state index contributed by atoms with van der Waals surface area (Å²) in [5.41, 5.74) is 0. The average molecular weight is 1450 g/mol. The Hall–Kier alpha value is -1.94. The first-order valence-electron chi connectivity index (χ1n) is 41.4. The maximum absolute atomic E-state index is 13.1. The highest BCUT2D eigenvalue weighted by molar-refractivity contribution is 7.47. The number of hydrogen-bond acceptors (Lipinski definition) is 15. The Kier molecular flexibility index (Phi) is 69.0. The van der Waals surface area contributed by atoms with Crippen LogP contribution in [0.15, 0.2) is 0 Å². The predicted octanol–water partition coefficient (Wildman–Crippen LogP) is 23.7. The fourth-order valence-electron chi connectivity index (χ4n) is 12.3. The van der Waals surface area contributed by atoms with Gasteiger partial charge in [-0.1, -0.05) is 363 Å². The van der Waals surface area contributed by atoms with Crippen LogP contribution in [-0.2, 0) is 65.4 Å². The van der Waals surface area contributed by atoms with Gasteiger partial charge in [-0.2, -0.15) is 0 Å². The number of ether oxygens (including phenoxy) is 4. The molecule has 0 aromatic carbocycles. The van der Waals surface area contributed by atoms with E-state index in [0.717, 1.165) is 108 Å². The summed E-state index contributed by atoms with van der Waals surface area (Å²) >= 11 is 0. The Labute approximate surface area is 607 Å². The lowest BCUT2D eigenvalue weighted by molar-refractivity contribution is -0.161. The zero-order valence-corrected chi connectivity index (χ0v) is 66.8. The summed E-state index contributed by atoms with van der Waals surface area (Å²) in [5.74, 6) is 0.213. The highest BCUT2D eigenvalue weighted by Crippen LogP contribution is 2.45. The fourth-order valence-corrected chi connectivity index (χ4v) is 13.9. The second-order valence-electron chi connectivity index (χ2n) is 30.0. The van der Waals surface area contributed by atoms with Gasteiger partial charge < -0.3 is 33.8 Å². The maximum atomic E-state index is 13.1. The van der Waals surface area contributed by atoms with Crippen LogP contribution >= 0.6 is 15.6 Å². The lowest BCUT2D eigenvalue weighted by atomic mass is 9.99. The van der Waals surface area contributed by atoms with Gasteiger partial charge in [0.05, 0.1) is 26.4 Å². The molecule has 0 spiro atoms. The highest BCUT2D eigenvalue weighted by atomic mass is 31.2. The van der Waals surface area contributed by atoms with E-state index in [4.69, 9.17) is 37.0 Å². The molecule has 3 N–H and O–H groups in total. The maximum Gasteiger partial charge on any atom is 0.472 e. The number of carbonyl (C=O) groups excluding carboxylic acids is 4. The first kappa shape index (κ1) is 97.1. The summed E-state index contributed by atoms with van der Waals surface area (Å²) in [6.07, 6.45) is 58.1. The van der Waals surface area contributed by atoms with Crippen molar-refractivity contribution in [3.8, 4) is 0 Å². The van der Waals surface area contributed by atoms with Gasteiger partial charge in [-0.15, -0.1) is 0 Å². The van der Waals surface area contributed by atoms with Crippen molar-refractivity contribution in [3.05, 3.63) is 0 Å². The number of aliphatic hydroxyl groups is 1. The number of phosphoric ester groups is 2. The second kappa shape index (κ2) is 70.4. The van der Waals surface area contributed by atoms with Gasteiger partial charge in [0.2, 0.25) is 0 Å². The van der Waals surface area contributed by atoms with Crippen LogP contribution in [0.5, 0.6) is 0 Å². The summed E-state index contributed by atoms with van der Waals surface area (Å²) in [6, 6.07) is 0. The van der Waals surface area contributed by atoms with Crippen molar-refractivity contribution in [1.29, 1.82) is 0 Å². The molecule has 0 aromatic heterocycles. The SMILES string of the molecule is CCCCCCCCCCCCCCCCCCCCC(=O)O[C@H](COC(=O)CCCCCCCCCCCCCCC(C)C)COP(=O)(O)OC[C@@H](O)COP(=O)(O)OC[C@@H](COC(=O)CCCCCCCCCCC(C)CC)OC(=O)CCCCCCCCCCCCCC(C)C. The topological polar surface area (TPSA) is 237 Å². The van der Waals surface area contributed by atoms with Crippen molar-refractivity contribution in [1.82, 2.24) is 0 Å². The lowest BCUT2D eigenvalue weighted by Gasteiger charge is -2.21. The van der Waals surface area contributed by atoms with Gasteiger partial charge in [-0.3, -0.25) is 37.3 Å². The Morgan fingerprint density at radius 2 is 0.515 bits per heavy atom. The summed E-state index contributed by atoms with van der Waals surface area (Å²) < 4.78 is 68.7. The van der Waals surface area contributed by atoms with E-state index in [1.165, 1.54) is 225 Å². The molecular weight excluding hydrogens is 1290 g/mol. The van der Waals surface area contributed by atoms with Crippen molar-refractivity contribution in [2.45, 2.75) is 433 Å². The van der Waals surface area contributed by atoms with Crippen molar-refractivity contribution >= 4 is 39.5 Å². The van der Waals surface area contributed by atoms with Crippen molar-refractivity contribution in [2.24, 2.45) is 17.8 Å². The molecule has 0 fully saturated rings. The third-order valence-corrected chi connectivity index (χ3v) is 20.9. The zero-order valence-electron chi connectivity index (χ0n) is 65.0. The number of esters is 4. The van der Waals surface area contributed by atoms with E-state index >= 15 is 0 Å². The fraction of sp³-hybridized carbons (Fsp3) is 0.950. The van der Waals surface area contributed by atoms with E-state index in [1.54, 1.807) is 0 Å². The first-order chi connectivity index (χ1) is 47.8. The molecule has 588 valence electrons. The predicted molar refractivity (Wildman–Crippen MR) is 405 cm³/mol. The van der Waals surface area contributed by atoms with Crippen LogP contribution in [0, 0.1) is 17.8 Å². The lowest BCUT2D eigenvalue weighted by Crippen LogP contribution is -2.30. The van der Waals surface area contributed by atoms with Gasteiger partial charge in [0, 0.05) is 25.7 Å². The Balaban J connectivity index is 5.27. The van der Waals surface area contributed by atoms with Gasteiger partial charge in [-0.25, -0.2) is 9.13 Å². The smallest absolute Gasteiger partial charge is 0.462 e. The second-order valence-corrected chi connectivity index (χ2v) is 32.9. The molecule has 0 amide bonds. The quantitative estimate of drug-likeness (QED) is 0.0222.